The van der Waals surface area contributed by atoms with E-state index < -0.39 is 0 Å². The zero-order valence-electron chi connectivity index (χ0n) is 7.40. The van der Waals surface area contributed by atoms with Gasteiger partial charge in [0.05, 0.1) is 25.8 Å². The molecule has 6 nitrogen and oxygen atoms in total. The molecule has 14 heavy (non-hydrogen) atoms. The van der Waals surface area contributed by atoms with Gasteiger partial charge in [0.15, 0.2) is 5.76 Å². The summed E-state index contributed by atoms with van der Waals surface area (Å²) in [5, 5.41) is 5.76. The molecule has 0 saturated carbocycles. The van der Waals surface area contributed by atoms with Crippen LogP contribution in [0.1, 0.15) is 5.76 Å². The number of nitrogens with zero attached hydrogens (tertiary/aromatic N) is 2. The molecule has 0 unspecified atom stereocenters. The lowest BCUT2D eigenvalue weighted by atomic mass is 10.3. The summed E-state index contributed by atoms with van der Waals surface area (Å²) in [5.41, 5.74) is 0. The molecule has 1 aliphatic rings. The number of amides is 2. The fourth-order valence-corrected chi connectivity index (χ4v) is 1.35. The average molecular weight is 195 g/mol. The van der Waals surface area contributed by atoms with Crippen molar-refractivity contribution in [2.24, 2.45) is 0 Å². The van der Waals surface area contributed by atoms with E-state index in [1.807, 2.05) is 0 Å². The Hall–Kier alpha value is -1.69. The SMILES string of the molecule is O=C1CN(Cc2ccno2)CC(=O)N1. The number of piperazine rings is 1. The smallest absolute Gasteiger partial charge is 0.240 e. The van der Waals surface area contributed by atoms with Crippen LogP contribution in [-0.4, -0.2) is 35.0 Å². The van der Waals surface area contributed by atoms with Gasteiger partial charge in [0.2, 0.25) is 11.8 Å². The molecule has 0 bridgehead atoms. The van der Waals surface area contributed by atoms with E-state index in [4.69, 9.17) is 4.52 Å². The molecular weight excluding hydrogens is 186 g/mol. The minimum absolute atomic E-state index is 0.215. The van der Waals surface area contributed by atoms with Gasteiger partial charge in [0.25, 0.3) is 0 Å². The monoisotopic (exact) mass is 195 g/mol. The number of hydrogen-bond acceptors (Lipinski definition) is 5. The Morgan fingerprint density at radius 1 is 1.43 bits per heavy atom. The second-order valence-corrected chi connectivity index (χ2v) is 3.10. The summed E-state index contributed by atoms with van der Waals surface area (Å²) in [6, 6.07) is 1.71. The second-order valence-electron chi connectivity index (χ2n) is 3.10. The lowest BCUT2D eigenvalue weighted by Gasteiger charge is -2.23. The molecule has 0 aromatic carbocycles. The predicted molar refractivity (Wildman–Crippen MR) is 44.9 cm³/mol. The third-order valence-corrected chi connectivity index (χ3v) is 1.88. The van der Waals surface area contributed by atoms with E-state index in [1.165, 1.54) is 6.20 Å². The Kier molecular flexibility index (Phi) is 2.28. The highest BCUT2D eigenvalue weighted by molar-refractivity contribution is 5.99. The Labute approximate surface area is 79.8 Å². The maximum atomic E-state index is 11.0. The average Bonchev–Trinajstić information content (AvgIpc) is 2.54. The Balaban J connectivity index is 1.98. The molecule has 0 spiro atoms. The summed E-state index contributed by atoms with van der Waals surface area (Å²) in [5.74, 6) is 0.0917. The second kappa shape index (κ2) is 3.59. The number of rotatable bonds is 2. The van der Waals surface area contributed by atoms with Crippen LogP contribution in [0, 0.1) is 0 Å². The van der Waals surface area contributed by atoms with Crippen LogP contribution in [0.4, 0.5) is 0 Å². The third kappa shape index (κ3) is 1.97. The van der Waals surface area contributed by atoms with Crippen molar-refractivity contribution in [3.05, 3.63) is 18.0 Å². The Morgan fingerprint density at radius 2 is 2.14 bits per heavy atom. The van der Waals surface area contributed by atoms with Gasteiger partial charge in [-0.15, -0.1) is 0 Å². The van der Waals surface area contributed by atoms with Crippen molar-refractivity contribution in [3.63, 3.8) is 0 Å². The largest absolute Gasteiger partial charge is 0.360 e. The van der Waals surface area contributed by atoms with Crippen molar-refractivity contribution in [1.29, 1.82) is 0 Å². The molecule has 6 heteroatoms. The molecular formula is C8H9N3O3. The van der Waals surface area contributed by atoms with Crippen molar-refractivity contribution < 1.29 is 14.1 Å². The van der Waals surface area contributed by atoms with Gasteiger partial charge in [-0.1, -0.05) is 5.16 Å². The van der Waals surface area contributed by atoms with E-state index in [9.17, 15) is 9.59 Å². The van der Waals surface area contributed by atoms with Crippen LogP contribution in [0.15, 0.2) is 16.8 Å². The van der Waals surface area contributed by atoms with Crippen molar-refractivity contribution in [2.45, 2.75) is 6.54 Å². The van der Waals surface area contributed by atoms with Crippen LogP contribution < -0.4 is 5.32 Å². The molecule has 2 amide bonds. The summed E-state index contributed by atoms with van der Waals surface area (Å²) in [4.78, 5) is 23.7. The molecule has 0 radical (unpaired) electrons. The van der Waals surface area contributed by atoms with E-state index in [0.717, 1.165) is 0 Å². The van der Waals surface area contributed by atoms with Gasteiger partial charge in [-0.05, 0) is 0 Å². The number of carbonyl (C=O) groups excluding carboxylic acids is 2. The van der Waals surface area contributed by atoms with Gasteiger partial charge >= 0.3 is 0 Å². The van der Waals surface area contributed by atoms with Crippen LogP contribution in [-0.2, 0) is 16.1 Å². The van der Waals surface area contributed by atoms with Crippen LogP contribution in [0.3, 0.4) is 0 Å². The van der Waals surface area contributed by atoms with E-state index in [1.54, 1.807) is 11.0 Å². The number of imide groups is 1. The van der Waals surface area contributed by atoms with E-state index in [-0.39, 0.29) is 24.9 Å². The molecule has 74 valence electrons. The molecule has 1 saturated heterocycles. The normalized spacial score (nSPS) is 18.3. The van der Waals surface area contributed by atoms with Gasteiger partial charge in [0.1, 0.15) is 0 Å². The lowest BCUT2D eigenvalue weighted by Crippen LogP contribution is -2.50. The van der Waals surface area contributed by atoms with Crippen LogP contribution in [0.5, 0.6) is 0 Å². The maximum absolute atomic E-state index is 11.0. The van der Waals surface area contributed by atoms with Crippen molar-refractivity contribution in [1.82, 2.24) is 15.4 Å². The van der Waals surface area contributed by atoms with E-state index >= 15 is 0 Å². The first kappa shape index (κ1) is 8.89. The number of aromatic nitrogens is 1. The standard InChI is InChI=1S/C8H9N3O3/c12-7-4-11(5-8(13)10-7)3-6-1-2-9-14-6/h1-2H,3-5H2,(H,10,12,13). The first-order valence-electron chi connectivity index (χ1n) is 4.18. The molecule has 0 atom stereocenters. The molecule has 1 fully saturated rings. The molecule has 2 rings (SSSR count). The first-order chi connectivity index (χ1) is 6.74. The Bertz CT molecular complexity index is 331. The van der Waals surface area contributed by atoms with Gasteiger partial charge in [-0.3, -0.25) is 19.8 Å². The zero-order chi connectivity index (χ0) is 9.97. The van der Waals surface area contributed by atoms with E-state index in [2.05, 4.69) is 10.5 Å². The number of carbonyl (C=O) groups is 2. The third-order valence-electron chi connectivity index (χ3n) is 1.88. The highest BCUT2D eigenvalue weighted by Crippen LogP contribution is 2.04. The number of nitrogens with one attached hydrogen (secondary N) is 1. The summed E-state index contributed by atoms with van der Waals surface area (Å²) in [6.45, 7) is 0.859. The molecule has 2 heterocycles. The molecule has 1 aliphatic heterocycles. The molecule has 0 aliphatic carbocycles. The van der Waals surface area contributed by atoms with Crippen LogP contribution in [0.25, 0.3) is 0 Å². The minimum atomic E-state index is -0.277. The van der Waals surface area contributed by atoms with Crippen LogP contribution >= 0.6 is 0 Å². The fourth-order valence-electron chi connectivity index (χ4n) is 1.35. The number of hydrogen-bond donors (Lipinski definition) is 1. The summed E-state index contributed by atoms with van der Waals surface area (Å²) in [7, 11) is 0. The molecule has 1 N–H and O–H groups in total. The van der Waals surface area contributed by atoms with Crippen molar-refractivity contribution >= 4 is 11.8 Å². The topological polar surface area (TPSA) is 75.4 Å². The van der Waals surface area contributed by atoms with Crippen molar-refractivity contribution in [2.75, 3.05) is 13.1 Å². The van der Waals surface area contributed by atoms with Crippen LogP contribution in [0.2, 0.25) is 0 Å². The summed E-state index contributed by atoms with van der Waals surface area (Å²) < 4.78 is 4.87. The zero-order valence-corrected chi connectivity index (χ0v) is 7.40. The van der Waals surface area contributed by atoms with Gasteiger partial charge < -0.3 is 4.52 Å². The maximum Gasteiger partial charge on any atom is 0.240 e. The van der Waals surface area contributed by atoms with Crippen molar-refractivity contribution in [3.8, 4) is 0 Å². The highest BCUT2D eigenvalue weighted by atomic mass is 16.5. The Morgan fingerprint density at radius 3 is 2.71 bits per heavy atom. The fraction of sp³-hybridized carbons (Fsp3) is 0.375. The highest BCUT2D eigenvalue weighted by Gasteiger charge is 2.22. The minimum Gasteiger partial charge on any atom is -0.360 e. The van der Waals surface area contributed by atoms with Gasteiger partial charge in [-0.2, -0.15) is 0 Å². The summed E-state index contributed by atoms with van der Waals surface area (Å²) >= 11 is 0. The first-order valence-corrected chi connectivity index (χ1v) is 4.18. The lowest BCUT2D eigenvalue weighted by molar-refractivity contribution is -0.136. The predicted octanol–water partition coefficient (Wildman–Crippen LogP) is -0.867. The van der Waals surface area contributed by atoms with E-state index in [0.29, 0.717) is 12.3 Å². The van der Waals surface area contributed by atoms with Gasteiger partial charge in [0, 0.05) is 6.07 Å². The summed E-state index contributed by atoms with van der Waals surface area (Å²) in [6.07, 6.45) is 1.53. The quantitative estimate of drug-likeness (QED) is 0.621. The molecule has 1 aromatic rings. The van der Waals surface area contributed by atoms with Gasteiger partial charge in [-0.25, -0.2) is 0 Å². The molecule has 1 aromatic heterocycles.